The Kier molecular flexibility index (Phi) is 11.1. The largest absolute Gasteiger partial charge is 0.480 e. The average molecular weight is 392 g/mol. The Balaban J connectivity index is 5.17. The number of amides is 3. The molecular formula is C15H28N4O8. The minimum Gasteiger partial charge on any atom is -0.480 e. The van der Waals surface area contributed by atoms with Crippen LogP contribution in [-0.2, 0) is 19.2 Å². The van der Waals surface area contributed by atoms with Crippen LogP contribution in [0.15, 0.2) is 0 Å². The first-order valence-electron chi connectivity index (χ1n) is 8.34. The topological polar surface area (TPSA) is 211 Å². The van der Waals surface area contributed by atoms with E-state index in [4.69, 9.17) is 21.1 Å². The Bertz CT molecular complexity index is 530. The van der Waals surface area contributed by atoms with Gasteiger partial charge in [0.2, 0.25) is 17.7 Å². The van der Waals surface area contributed by atoms with Crippen molar-refractivity contribution in [2.45, 2.75) is 44.4 Å². The summed E-state index contributed by atoms with van der Waals surface area (Å²) in [5.74, 6) is -4.45. The molecule has 0 spiro atoms. The van der Waals surface area contributed by atoms with Crippen LogP contribution in [0.5, 0.6) is 0 Å². The molecule has 0 aromatic rings. The van der Waals surface area contributed by atoms with E-state index in [1.165, 1.54) is 0 Å². The number of hydrogen-bond acceptors (Lipinski definition) is 8. The Morgan fingerprint density at radius 3 is 1.78 bits per heavy atom. The highest BCUT2D eigenvalue weighted by atomic mass is 16.4. The number of nitrogens with two attached hydrogens (primary N) is 1. The van der Waals surface area contributed by atoms with E-state index in [0.717, 1.165) is 0 Å². The fourth-order valence-electron chi connectivity index (χ4n) is 1.96. The number of aliphatic hydroxyl groups is 3. The van der Waals surface area contributed by atoms with Gasteiger partial charge in [-0.25, -0.2) is 4.79 Å². The van der Waals surface area contributed by atoms with E-state index in [9.17, 15) is 24.3 Å². The highest BCUT2D eigenvalue weighted by Gasteiger charge is 2.31. The Morgan fingerprint density at radius 2 is 1.37 bits per heavy atom. The number of carbonyl (C=O) groups is 4. The molecule has 0 aliphatic carbocycles. The highest BCUT2D eigenvalue weighted by molar-refractivity contribution is 5.94. The fourth-order valence-corrected chi connectivity index (χ4v) is 1.96. The molecule has 5 atom stereocenters. The molecule has 12 heteroatoms. The number of carboxylic acids is 1. The summed E-state index contributed by atoms with van der Waals surface area (Å²) in [6.07, 6.45) is 0.480. The van der Waals surface area contributed by atoms with Crippen LogP contribution in [-0.4, -0.2) is 88.1 Å². The molecule has 0 saturated carbocycles. The Hall–Kier alpha value is -2.28. The van der Waals surface area contributed by atoms with E-state index in [2.05, 4.69) is 10.6 Å². The van der Waals surface area contributed by atoms with Gasteiger partial charge in [0.15, 0.2) is 0 Å². The van der Waals surface area contributed by atoms with Gasteiger partial charge >= 0.3 is 5.97 Å². The van der Waals surface area contributed by atoms with Crippen LogP contribution in [0.3, 0.4) is 0 Å². The fraction of sp³-hybridized carbons (Fsp3) is 0.733. The second kappa shape index (κ2) is 12.2. The molecule has 12 nitrogen and oxygen atoms in total. The zero-order valence-corrected chi connectivity index (χ0v) is 15.2. The van der Waals surface area contributed by atoms with Gasteiger partial charge in [-0.2, -0.15) is 0 Å². The van der Waals surface area contributed by atoms with E-state index >= 15 is 0 Å². The number of aliphatic hydroxyl groups excluding tert-OH is 3. The molecule has 0 aliphatic heterocycles. The number of rotatable bonds is 12. The van der Waals surface area contributed by atoms with Crippen molar-refractivity contribution >= 4 is 23.7 Å². The molecule has 0 bridgehead atoms. The maximum absolute atomic E-state index is 12.5. The number of carbonyl (C=O) groups excluding carboxylic acids is 3. The molecule has 5 unspecified atom stereocenters. The van der Waals surface area contributed by atoms with Crippen molar-refractivity contribution in [1.82, 2.24) is 16.0 Å². The Morgan fingerprint density at radius 1 is 0.852 bits per heavy atom. The molecule has 156 valence electrons. The molecule has 0 saturated heterocycles. The van der Waals surface area contributed by atoms with Crippen molar-refractivity contribution in [3.8, 4) is 0 Å². The lowest BCUT2D eigenvalue weighted by Crippen LogP contribution is -2.60. The van der Waals surface area contributed by atoms with Crippen molar-refractivity contribution in [3.63, 3.8) is 0 Å². The minimum atomic E-state index is -1.60. The van der Waals surface area contributed by atoms with E-state index in [1.54, 1.807) is 13.8 Å². The summed E-state index contributed by atoms with van der Waals surface area (Å²) in [6.45, 7) is 1.08. The lowest BCUT2D eigenvalue weighted by molar-refractivity contribution is -0.143. The van der Waals surface area contributed by atoms with E-state index < -0.39 is 67.7 Å². The van der Waals surface area contributed by atoms with Crippen LogP contribution >= 0.6 is 0 Å². The second-order valence-electron chi connectivity index (χ2n) is 5.99. The molecule has 3 amide bonds. The lowest BCUT2D eigenvalue weighted by Gasteiger charge is -2.27. The van der Waals surface area contributed by atoms with Crippen LogP contribution < -0.4 is 21.7 Å². The number of aliphatic carboxylic acids is 1. The quantitative estimate of drug-likeness (QED) is 0.162. The SMILES string of the molecule is CCC(C)C(NC(=O)C(N)CO)C(=O)NC(CO)C(=O)NC(CO)C(=O)O. The number of hydrogen-bond donors (Lipinski definition) is 8. The summed E-state index contributed by atoms with van der Waals surface area (Å²) in [4.78, 5) is 47.2. The summed E-state index contributed by atoms with van der Waals surface area (Å²) in [6, 6.07) is -5.44. The van der Waals surface area contributed by atoms with Crippen LogP contribution in [0.1, 0.15) is 20.3 Å². The van der Waals surface area contributed by atoms with Crippen LogP contribution in [0.2, 0.25) is 0 Å². The Labute approximate surface area is 156 Å². The van der Waals surface area contributed by atoms with Gasteiger partial charge in [-0.05, 0) is 5.92 Å². The van der Waals surface area contributed by atoms with Crippen molar-refractivity contribution in [3.05, 3.63) is 0 Å². The van der Waals surface area contributed by atoms with Crippen molar-refractivity contribution in [2.24, 2.45) is 11.7 Å². The molecule has 27 heavy (non-hydrogen) atoms. The summed E-state index contributed by atoms with van der Waals surface area (Å²) in [5, 5.41) is 42.6. The highest BCUT2D eigenvalue weighted by Crippen LogP contribution is 2.09. The third-order valence-electron chi connectivity index (χ3n) is 3.94. The summed E-state index contributed by atoms with van der Waals surface area (Å²) in [7, 11) is 0. The summed E-state index contributed by atoms with van der Waals surface area (Å²) >= 11 is 0. The standard InChI is InChI=1S/C15H28N4O8/c1-3-7(2)11(19-12(23)8(16)4-20)14(25)17-9(5-21)13(24)18-10(6-22)15(26)27/h7-11,20-22H,3-6,16H2,1-2H3,(H,17,25)(H,18,24)(H,19,23)(H,26,27). The molecule has 0 radical (unpaired) electrons. The molecule has 0 aromatic carbocycles. The minimum absolute atomic E-state index is 0.369. The number of carboxylic acid groups (broad SMARTS) is 1. The first-order valence-corrected chi connectivity index (χ1v) is 8.34. The third-order valence-corrected chi connectivity index (χ3v) is 3.94. The summed E-state index contributed by atoms with van der Waals surface area (Å²) in [5.41, 5.74) is 5.40. The van der Waals surface area contributed by atoms with Gasteiger partial charge < -0.3 is 42.1 Å². The number of nitrogens with one attached hydrogen (secondary N) is 3. The van der Waals surface area contributed by atoms with Crippen molar-refractivity contribution in [2.75, 3.05) is 19.8 Å². The molecule has 0 aromatic heterocycles. The molecule has 0 fully saturated rings. The molecule has 9 N–H and O–H groups in total. The molecular weight excluding hydrogens is 364 g/mol. The van der Waals surface area contributed by atoms with Crippen LogP contribution in [0, 0.1) is 5.92 Å². The van der Waals surface area contributed by atoms with E-state index in [1.807, 2.05) is 5.32 Å². The molecule has 0 heterocycles. The predicted molar refractivity (Wildman–Crippen MR) is 92.1 cm³/mol. The summed E-state index contributed by atoms with van der Waals surface area (Å²) < 4.78 is 0. The predicted octanol–water partition coefficient (Wildman–Crippen LogP) is -4.12. The van der Waals surface area contributed by atoms with Crippen molar-refractivity contribution < 1.29 is 39.6 Å². The van der Waals surface area contributed by atoms with Gasteiger partial charge in [0.05, 0.1) is 19.8 Å². The van der Waals surface area contributed by atoms with E-state index in [0.29, 0.717) is 6.42 Å². The zero-order valence-electron chi connectivity index (χ0n) is 15.2. The molecule has 0 aliphatic rings. The lowest BCUT2D eigenvalue weighted by atomic mass is 9.97. The maximum atomic E-state index is 12.5. The van der Waals surface area contributed by atoms with Crippen molar-refractivity contribution in [1.29, 1.82) is 0 Å². The average Bonchev–Trinajstić information content (AvgIpc) is 2.65. The van der Waals surface area contributed by atoms with Gasteiger partial charge in [0.25, 0.3) is 0 Å². The van der Waals surface area contributed by atoms with Gasteiger partial charge in [-0.1, -0.05) is 20.3 Å². The smallest absolute Gasteiger partial charge is 0.328 e. The van der Waals surface area contributed by atoms with Gasteiger partial charge in [0.1, 0.15) is 24.2 Å². The maximum Gasteiger partial charge on any atom is 0.328 e. The van der Waals surface area contributed by atoms with Crippen LogP contribution in [0.4, 0.5) is 0 Å². The van der Waals surface area contributed by atoms with Gasteiger partial charge in [-0.3, -0.25) is 14.4 Å². The van der Waals surface area contributed by atoms with E-state index in [-0.39, 0.29) is 5.92 Å². The molecule has 0 rings (SSSR count). The second-order valence-corrected chi connectivity index (χ2v) is 5.99. The van der Waals surface area contributed by atoms with Crippen LogP contribution in [0.25, 0.3) is 0 Å². The third kappa shape index (κ3) is 7.86. The first kappa shape index (κ1) is 24.7. The van der Waals surface area contributed by atoms with Gasteiger partial charge in [0, 0.05) is 0 Å². The first-order chi connectivity index (χ1) is 12.6. The normalized spacial score (nSPS) is 16.4. The van der Waals surface area contributed by atoms with Gasteiger partial charge in [-0.15, -0.1) is 0 Å². The monoisotopic (exact) mass is 392 g/mol. The zero-order chi connectivity index (χ0) is 21.1.